The molecule has 5 nitrogen and oxygen atoms in total. The SMILES string of the molecule is Cc1noc(C)c1COc1cccc(C(=O)Nc2cccc(Cl)c2F)c1. The van der Waals surface area contributed by atoms with E-state index in [-0.39, 0.29) is 17.3 Å². The molecule has 0 saturated heterocycles. The van der Waals surface area contributed by atoms with Gasteiger partial charge in [0.05, 0.1) is 22.0 Å². The fraction of sp³-hybridized carbons (Fsp3) is 0.158. The third-order valence-electron chi connectivity index (χ3n) is 3.86. The minimum absolute atomic E-state index is 0.0181. The predicted molar refractivity (Wildman–Crippen MR) is 96.1 cm³/mol. The lowest BCUT2D eigenvalue weighted by Gasteiger charge is -2.09. The van der Waals surface area contributed by atoms with Crippen LogP contribution in [0.1, 0.15) is 27.4 Å². The summed E-state index contributed by atoms with van der Waals surface area (Å²) < 4.78 is 24.7. The van der Waals surface area contributed by atoms with Gasteiger partial charge in [-0.15, -0.1) is 0 Å². The van der Waals surface area contributed by atoms with Gasteiger partial charge < -0.3 is 14.6 Å². The highest BCUT2D eigenvalue weighted by Crippen LogP contribution is 2.23. The molecule has 26 heavy (non-hydrogen) atoms. The zero-order valence-electron chi connectivity index (χ0n) is 14.2. The fourth-order valence-corrected chi connectivity index (χ4v) is 2.56. The van der Waals surface area contributed by atoms with Crippen LogP contribution >= 0.6 is 11.6 Å². The van der Waals surface area contributed by atoms with Crippen molar-refractivity contribution in [3.63, 3.8) is 0 Å². The summed E-state index contributed by atoms with van der Waals surface area (Å²) in [6, 6.07) is 11.0. The minimum Gasteiger partial charge on any atom is -0.489 e. The van der Waals surface area contributed by atoms with Crippen LogP contribution < -0.4 is 10.1 Å². The second-order valence-corrected chi connectivity index (χ2v) is 6.08. The molecule has 0 atom stereocenters. The number of carbonyl (C=O) groups is 1. The highest BCUT2D eigenvalue weighted by Gasteiger charge is 2.13. The normalized spacial score (nSPS) is 10.6. The van der Waals surface area contributed by atoms with E-state index in [1.165, 1.54) is 12.1 Å². The second-order valence-electron chi connectivity index (χ2n) is 5.67. The molecule has 2 aromatic carbocycles. The van der Waals surface area contributed by atoms with E-state index in [1.807, 2.05) is 13.8 Å². The first-order chi connectivity index (χ1) is 12.5. The number of aromatic nitrogens is 1. The fourth-order valence-electron chi connectivity index (χ4n) is 2.39. The van der Waals surface area contributed by atoms with Gasteiger partial charge in [0.1, 0.15) is 18.1 Å². The summed E-state index contributed by atoms with van der Waals surface area (Å²) in [5.41, 5.74) is 1.97. The van der Waals surface area contributed by atoms with E-state index in [2.05, 4.69) is 10.5 Å². The van der Waals surface area contributed by atoms with Crippen molar-refractivity contribution in [2.45, 2.75) is 20.5 Å². The maximum atomic E-state index is 13.9. The topological polar surface area (TPSA) is 64.4 Å². The number of carbonyl (C=O) groups excluding carboxylic acids is 1. The number of nitrogens with one attached hydrogen (secondary N) is 1. The Kier molecular flexibility index (Phi) is 5.23. The molecule has 0 spiro atoms. The van der Waals surface area contributed by atoms with E-state index in [4.69, 9.17) is 20.9 Å². The molecular weight excluding hydrogens is 359 g/mol. The number of aryl methyl sites for hydroxylation is 2. The Morgan fingerprint density at radius 3 is 2.77 bits per heavy atom. The maximum Gasteiger partial charge on any atom is 0.255 e. The van der Waals surface area contributed by atoms with Crippen molar-refractivity contribution in [1.82, 2.24) is 5.16 Å². The van der Waals surface area contributed by atoms with Gasteiger partial charge in [0, 0.05) is 5.56 Å². The molecule has 1 heterocycles. The molecule has 0 radical (unpaired) electrons. The van der Waals surface area contributed by atoms with Crippen molar-refractivity contribution in [3.05, 3.63) is 75.9 Å². The van der Waals surface area contributed by atoms with Crippen LogP contribution in [0.4, 0.5) is 10.1 Å². The molecule has 0 aliphatic heterocycles. The first-order valence-corrected chi connectivity index (χ1v) is 8.23. The maximum absolute atomic E-state index is 13.9. The Hall–Kier alpha value is -2.86. The molecule has 0 fully saturated rings. The first-order valence-electron chi connectivity index (χ1n) is 7.85. The highest BCUT2D eigenvalue weighted by molar-refractivity contribution is 6.31. The van der Waals surface area contributed by atoms with E-state index in [1.54, 1.807) is 30.3 Å². The van der Waals surface area contributed by atoms with Crippen LogP contribution in [0, 0.1) is 19.7 Å². The smallest absolute Gasteiger partial charge is 0.255 e. The van der Waals surface area contributed by atoms with Crippen LogP contribution in [0.3, 0.4) is 0 Å². The van der Waals surface area contributed by atoms with E-state index in [9.17, 15) is 9.18 Å². The Morgan fingerprint density at radius 2 is 2.04 bits per heavy atom. The van der Waals surface area contributed by atoms with Crippen molar-refractivity contribution in [2.75, 3.05) is 5.32 Å². The van der Waals surface area contributed by atoms with Gasteiger partial charge in [-0.25, -0.2) is 4.39 Å². The van der Waals surface area contributed by atoms with Crippen molar-refractivity contribution in [2.24, 2.45) is 0 Å². The number of rotatable bonds is 5. The molecule has 1 amide bonds. The lowest BCUT2D eigenvalue weighted by Crippen LogP contribution is -2.13. The quantitative estimate of drug-likeness (QED) is 0.688. The molecule has 7 heteroatoms. The van der Waals surface area contributed by atoms with E-state index in [0.717, 1.165) is 11.3 Å². The second kappa shape index (κ2) is 7.58. The summed E-state index contributed by atoms with van der Waals surface area (Å²) in [4.78, 5) is 12.4. The zero-order chi connectivity index (χ0) is 18.7. The number of anilines is 1. The summed E-state index contributed by atoms with van der Waals surface area (Å²) >= 11 is 5.73. The van der Waals surface area contributed by atoms with Crippen molar-refractivity contribution < 1.29 is 18.4 Å². The van der Waals surface area contributed by atoms with E-state index in [0.29, 0.717) is 17.1 Å². The summed E-state index contributed by atoms with van der Waals surface area (Å²) in [6.07, 6.45) is 0. The summed E-state index contributed by atoms with van der Waals surface area (Å²) in [5, 5.41) is 6.32. The molecule has 0 bridgehead atoms. The van der Waals surface area contributed by atoms with Gasteiger partial charge in [0.2, 0.25) is 0 Å². The molecule has 1 N–H and O–H groups in total. The third-order valence-corrected chi connectivity index (χ3v) is 4.15. The van der Waals surface area contributed by atoms with Gasteiger partial charge in [0.15, 0.2) is 5.82 Å². The van der Waals surface area contributed by atoms with Crippen LogP contribution in [-0.2, 0) is 6.61 Å². The number of halogens is 2. The van der Waals surface area contributed by atoms with Gasteiger partial charge in [-0.05, 0) is 44.2 Å². The first kappa shape index (κ1) is 17.9. The van der Waals surface area contributed by atoms with Crippen LogP contribution in [0.5, 0.6) is 5.75 Å². The molecule has 3 rings (SSSR count). The zero-order valence-corrected chi connectivity index (χ0v) is 14.9. The number of hydrogen-bond acceptors (Lipinski definition) is 4. The molecule has 1 aromatic heterocycles. The van der Waals surface area contributed by atoms with Gasteiger partial charge in [-0.2, -0.15) is 0 Å². The highest BCUT2D eigenvalue weighted by atomic mass is 35.5. The van der Waals surface area contributed by atoms with Crippen LogP contribution in [-0.4, -0.2) is 11.1 Å². The third kappa shape index (κ3) is 3.86. The Labute approximate surface area is 154 Å². The molecule has 134 valence electrons. The van der Waals surface area contributed by atoms with Gasteiger partial charge in [-0.1, -0.05) is 28.9 Å². The van der Waals surface area contributed by atoms with Crippen LogP contribution in [0.2, 0.25) is 5.02 Å². The summed E-state index contributed by atoms with van der Waals surface area (Å²) in [6.45, 7) is 3.91. The molecule has 0 saturated carbocycles. The number of amides is 1. The minimum atomic E-state index is -0.673. The van der Waals surface area contributed by atoms with Gasteiger partial charge >= 0.3 is 0 Å². The van der Waals surface area contributed by atoms with E-state index >= 15 is 0 Å². The molecule has 0 unspecified atom stereocenters. The monoisotopic (exact) mass is 374 g/mol. The average molecular weight is 375 g/mol. The van der Waals surface area contributed by atoms with Gasteiger partial charge in [-0.3, -0.25) is 4.79 Å². The average Bonchev–Trinajstić information content (AvgIpc) is 2.95. The number of hydrogen-bond donors (Lipinski definition) is 1. The Balaban J connectivity index is 1.72. The summed E-state index contributed by atoms with van der Waals surface area (Å²) in [7, 11) is 0. The molecule has 0 aliphatic rings. The molecule has 3 aromatic rings. The predicted octanol–water partition coefficient (Wildman–Crippen LogP) is 4.92. The summed E-state index contributed by atoms with van der Waals surface area (Å²) in [5.74, 6) is 0.0549. The van der Waals surface area contributed by atoms with Crippen molar-refractivity contribution in [1.29, 1.82) is 0 Å². The Bertz CT molecular complexity index is 936. The van der Waals surface area contributed by atoms with Crippen molar-refractivity contribution in [3.8, 4) is 5.75 Å². The van der Waals surface area contributed by atoms with Gasteiger partial charge in [0.25, 0.3) is 5.91 Å². The van der Waals surface area contributed by atoms with Crippen molar-refractivity contribution >= 4 is 23.2 Å². The number of nitrogens with zero attached hydrogens (tertiary/aromatic N) is 1. The van der Waals surface area contributed by atoms with Crippen LogP contribution in [0.25, 0.3) is 0 Å². The largest absolute Gasteiger partial charge is 0.489 e. The lowest BCUT2D eigenvalue weighted by atomic mass is 10.2. The Morgan fingerprint density at radius 1 is 1.27 bits per heavy atom. The molecular formula is C19H16ClFN2O3. The number of ether oxygens (including phenoxy) is 1. The van der Waals surface area contributed by atoms with Crippen LogP contribution in [0.15, 0.2) is 47.0 Å². The number of benzene rings is 2. The lowest BCUT2D eigenvalue weighted by molar-refractivity contribution is 0.102. The van der Waals surface area contributed by atoms with E-state index < -0.39 is 11.7 Å². The standard InChI is InChI=1S/C19H16ClFN2O3/c1-11-15(12(2)26-23-11)10-25-14-6-3-5-13(9-14)19(24)22-17-8-4-7-16(20)18(17)21/h3-9H,10H2,1-2H3,(H,22,24). The molecule has 0 aliphatic carbocycles.